The van der Waals surface area contributed by atoms with Gasteiger partial charge in [-0.3, -0.25) is 14.9 Å². The number of nitro benzene ring substituents is 1. The predicted molar refractivity (Wildman–Crippen MR) is 62.9 cm³/mol. The van der Waals surface area contributed by atoms with Gasteiger partial charge in [0.1, 0.15) is 5.82 Å². The van der Waals surface area contributed by atoms with Crippen LogP contribution in [-0.4, -0.2) is 10.8 Å². The molecule has 1 aromatic carbocycles. The molecule has 1 heterocycles. The lowest BCUT2D eigenvalue weighted by atomic mass is 10.1. The van der Waals surface area contributed by atoms with E-state index in [1.165, 1.54) is 12.5 Å². The van der Waals surface area contributed by atoms with Gasteiger partial charge in [0, 0.05) is 12.1 Å². The van der Waals surface area contributed by atoms with Crippen LogP contribution in [0.1, 0.15) is 15.9 Å². The molecule has 0 aliphatic heterocycles. The Kier molecular flexibility index (Phi) is 3.74. The summed E-state index contributed by atoms with van der Waals surface area (Å²) < 4.78 is 31.7. The van der Waals surface area contributed by atoms with Crippen LogP contribution in [0.3, 0.4) is 0 Å². The maximum absolute atomic E-state index is 13.7. The molecule has 0 atom stereocenters. The van der Waals surface area contributed by atoms with Crippen LogP contribution in [0.4, 0.5) is 14.5 Å². The highest BCUT2D eigenvalue weighted by molar-refractivity contribution is 5.95. The van der Waals surface area contributed by atoms with Crippen LogP contribution in [0.5, 0.6) is 0 Å². The van der Waals surface area contributed by atoms with Crippen LogP contribution in [0.2, 0.25) is 0 Å². The zero-order valence-corrected chi connectivity index (χ0v) is 9.93. The summed E-state index contributed by atoms with van der Waals surface area (Å²) in [4.78, 5) is 21.2. The van der Waals surface area contributed by atoms with Crippen molar-refractivity contribution in [2.45, 2.75) is 6.54 Å². The van der Waals surface area contributed by atoms with Gasteiger partial charge < -0.3 is 9.73 Å². The minimum absolute atomic E-state index is 0.0269. The molecule has 0 aliphatic rings. The van der Waals surface area contributed by atoms with Crippen LogP contribution in [-0.2, 0) is 6.54 Å². The summed E-state index contributed by atoms with van der Waals surface area (Å²) in [6.07, 6.45) is 2.75. The lowest BCUT2D eigenvalue weighted by Gasteiger charge is -2.05. The second kappa shape index (κ2) is 5.47. The van der Waals surface area contributed by atoms with Crippen molar-refractivity contribution in [3.8, 4) is 0 Å². The fourth-order valence-electron chi connectivity index (χ4n) is 1.54. The molecule has 0 bridgehead atoms. The van der Waals surface area contributed by atoms with Crippen molar-refractivity contribution in [2.75, 3.05) is 0 Å². The quantitative estimate of drug-likeness (QED) is 0.689. The average molecular weight is 282 g/mol. The van der Waals surface area contributed by atoms with Crippen LogP contribution in [0.15, 0.2) is 35.1 Å². The van der Waals surface area contributed by atoms with Crippen LogP contribution in [0.25, 0.3) is 0 Å². The summed E-state index contributed by atoms with van der Waals surface area (Å²) in [5, 5.41) is 12.9. The zero-order valence-electron chi connectivity index (χ0n) is 9.93. The van der Waals surface area contributed by atoms with Gasteiger partial charge in [-0.25, -0.2) is 4.39 Å². The number of rotatable bonds is 4. The zero-order chi connectivity index (χ0) is 14.7. The second-order valence-electron chi connectivity index (χ2n) is 3.86. The van der Waals surface area contributed by atoms with Crippen molar-refractivity contribution in [3.05, 3.63) is 63.6 Å². The molecule has 1 N–H and O–H groups in total. The molecule has 1 amide bonds. The van der Waals surface area contributed by atoms with Crippen molar-refractivity contribution < 1.29 is 22.9 Å². The molecule has 0 saturated heterocycles. The lowest BCUT2D eigenvalue weighted by Crippen LogP contribution is -2.24. The number of hydrogen-bond donors (Lipinski definition) is 1. The third kappa shape index (κ3) is 2.79. The monoisotopic (exact) mass is 282 g/mol. The van der Waals surface area contributed by atoms with Crippen LogP contribution in [0, 0.1) is 21.7 Å². The van der Waals surface area contributed by atoms with Gasteiger partial charge in [0.15, 0.2) is 0 Å². The van der Waals surface area contributed by atoms with Gasteiger partial charge in [0.2, 0.25) is 5.82 Å². The molecular formula is C12H8F2N2O4. The van der Waals surface area contributed by atoms with E-state index >= 15 is 0 Å². The highest BCUT2D eigenvalue weighted by Gasteiger charge is 2.24. The van der Waals surface area contributed by atoms with E-state index in [9.17, 15) is 23.7 Å². The Balaban J connectivity index is 2.23. The normalized spacial score (nSPS) is 10.3. The second-order valence-corrected chi connectivity index (χ2v) is 3.86. The molecule has 0 unspecified atom stereocenters. The fourth-order valence-corrected chi connectivity index (χ4v) is 1.54. The molecule has 0 spiro atoms. The molecule has 8 heteroatoms. The highest BCUT2D eigenvalue weighted by Crippen LogP contribution is 2.22. The molecule has 2 rings (SSSR count). The van der Waals surface area contributed by atoms with E-state index in [1.54, 1.807) is 6.07 Å². The van der Waals surface area contributed by atoms with Gasteiger partial charge in [0.25, 0.3) is 5.91 Å². The minimum atomic E-state index is -1.37. The van der Waals surface area contributed by atoms with Crippen molar-refractivity contribution in [3.63, 3.8) is 0 Å². The summed E-state index contributed by atoms with van der Waals surface area (Å²) in [6, 6.07) is 2.60. The van der Waals surface area contributed by atoms with Gasteiger partial charge in [-0.05, 0) is 12.1 Å². The first kappa shape index (κ1) is 13.7. The molecule has 0 fully saturated rings. The van der Waals surface area contributed by atoms with E-state index in [0.29, 0.717) is 17.7 Å². The molecule has 0 aliphatic carbocycles. The first-order valence-corrected chi connectivity index (χ1v) is 5.41. The fraction of sp³-hybridized carbons (Fsp3) is 0.0833. The largest absolute Gasteiger partial charge is 0.472 e. The lowest BCUT2D eigenvalue weighted by molar-refractivity contribution is -0.387. The van der Waals surface area contributed by atoms with E-state index in [1.807, 2.05) is 0 Å². The number of nitrogens with zero attached hydrogens (tertiary/aromatic N) is 1. The first-order valence-electron chi connectivity index (χ1n) is 5.41. The first-order chi connectivity index (χ1) is 9.49. The Labute approximate surface area is 111 Å². The Morgan fingerprint density at radius 3 is 2.75 bits per heavy atom. The highest BCUT2D eigenvalue weighted by atomic mass is 19.1. The van der Waals surface area contributed by atoms with Crippen molar-refractivity contribution in [1.29, 1.82) is 0 Å². The standard InChI is InChI=1S/C12H8F2N2O4/c13-8-3-9(11(14)10(4-8)16(18)19)12(17)15-5-7-1-2-20-6-7/h1-4,6H,5H2,(H,15,17). The van der Waals surface area contributed by atoms with Gasteiger partial charge in [-0.1, -0.05) is 0 Å². The Morgan fingerprint density at radius 2 is 2.15 bits per heavy atom. The predicted octanol–water partition coefficient (Wildman–Crippen LogP) is 2.40. The molecule has 0 radical (unpaired) electrons. The number of furan rings is 1. The van der Waals surface area contributed by atoms with E-state index < -0.39 is 33.7 Å². The van der Waals surface area contributed by atoms with Gasteiger partial charge >= 0.3 is 5.69 Å². The van der Waals surface area contributed by atoms with E-state index in [4.69, 9.17) is 4.42 Å². The number of benzene rings is 1. The number of nitro groups is 1. The van der Waals surface area contributed by atoms with Crippen LogP contribution >= 0.6 is 0 Å². The smallest absolute Gasteiger partial charge is 0.308 e. The number of nitrogens with one attached hydrogen (secondary N) is 1. The Hall–Kier alpha value is -2.77. The van der Waals surface area contributed by atoms with Crippen molar-refractivity contribution >= 4 is 11.6 Å². The summed E-state index contributed by atoms with van der Waals surface area (Å²) in [6.45, 7) is 0.0269. The van der Waals surface area contributed by atoms with Gasteiger partial charge in [-0.15, -0.1) is 0 Å². The van der Waals surface area contributed by atoms with E-state index in [2.05, 4.69) is 5.32 Å². The number of amides is 1. The maximum atomic E-state index is 13.7. The number of carbonyl (C=O) groups is 1. The minimum Gasteiger partial charge on any atom is -0.472 e. The summed E-state index contributed by atoms with van der Waals surface area (Å²) >= 11 is 0. The van der Waals surface area contributed by atoms with E-state index in [0.717, 1.165) is 0 Å². The number of carbonyl (C=O) groups excluding carboxylic acids is 1. The molecule has 6 nitrogen and oxygen atoms in total. The Bertz CT molecular complexity index is 656. The molecule has 0 saturated carbocycles. The summed E-state index contributed by atoms with van der Waals surface area (Å²) in [5.74, 6) is -3.39. The van der Waals surface area contributed by atoms with Crippen molar-refractivity contribution in [1.82, 2.24) is 5.32 Å². The molecular weight excluding hydrogens is 274 g/mol. The molecule has 1 aromatic heterocycles. The average Bonchev–Trinajstić information content (AvgIpc) is 2.91. The third-order valence-electron chi connectivity index (χ3n) is 2.49. The Morgan fingerprint density at radius 1 is 1.40 bits per heavy atom. The van der Waals surface area contributed by atoms with E-state index in [-0.39, 0.29) is 6.54 Å². The van der Waals surface area contributed by atoms with Crippen LogP contribution < -0.4 is 5.32 Å². The number of halogens is 2. The van der Waals surface area contributed by atoms with Gasteiger partial charge in [0.05, 0.1) is 29.1 Å². The van der Waals surface area contributed by atoms with Crippen molar-refractivity contribution in [2.24, 2.45) is 0 Å². The summed E-state index contributed by atoms with van der Waals surface area (Å²) in [7, 11) is 0. The number of hydrogen-bond acceptors (Lipinski definition) is 4. The maximum Gasteiger partial charge on any atom is 0.308 e. The summed E-state index contributed by atoms with van der Waals surface area (Å²) in [5.41, 5.74) is -1.19. The van der Waals surface area contributed by atoms with Gasteiger partial charge in [-0.2, -0.15) is 4.39 Å². The molecule has 2 aromatic rings. The molecule has 104 valence electrons. The molecule has 20 heavy (non-hydrogen) atoms. The topological polar surface area (TPSA) is 85.4 Å². The SMILES string of the molecule is O=C(NCc1ccoc1)c1cc(F)cc([N+](=O)[O-])c1F. The third-order valence-corrected chi connectivity index (χ3v) is 2.49.